The van der Waals surface area contributed by atoms with Crippen molar-refractivity contribution in [1.82, 2.24) is 10.2 Å². The number of nitrogens with one attached hydrogen (secondary N) is 1. The minimum Gasteiger partial charge on any atom is -0.396 e. The van der Waals surface area contributed by atoms with Gasteiger partial charge in [-0.2, -0.15) is 0 Å². The smallest absolute Gasteiger partial charge is 0.234 e. The van der Waals surface area contributed by atoms with Crippen LogP contribution in [0, 0.1) is 5.41 Å². The first-order valence-electron chi connectivity index (χ1n) is 7.42. The Labute approximate surface area is 125 Å². The van der Waals surface area contributed by atoms with Gasteiger partial charge in [-0.3, -0.25) is 9.69 Å². The molecular weight excluding hydrogens is 268 g/mol. The van der Waals surface area contributed by atoms with Crippen LogP contribution >= 0.6 is 0 Å². The zero-order valence-electron chi connectivity index (χ0n) is 12.3. The van der Waals surface area contributed by atoms with Crippen LogP contribution in [0.25, 0.3) is 0 Å². The summed E-state index contributed by atoms with van der Waals surface area (Å²) in [7, 11) is 0. The second-order valence-electron chi connectivity index (χ2n) is 5.85. The van der Waals surface area contributed by atoms with Crippen molar-refractivity contribution in [3.63, 3.8) is 0 Å². The molecule has 3 N–H and O–H groups in total. The highest BCUT2D eigenvalue weighted by atomic mass is 16.3. The van der Waals surface area contributed by atoms with E-state index in [0.717, 1.165) is 31.5 Å². The molecule has 2 rings (SSSR count). The zero-order valence-corrected chi connectivity index (χ0v) is 12.3. The average Bonchev–Trinajstić information content (AvgIpc) is 2.55. The topological polar surface area (TPSA) is 72.8 Å². The Morgan fingerprint density at radius 3 is 2.33 bits per heavy atom. The number of likely N-dealkylation sites (tertiary alicyclic amines) is 1. The molecule has 5 nitrogen and oxygen atoms in total. The second-order valence-corrected chi connectivity index (χ2v) is 5.85. The van der Waals surface area contributed by atoms with Gasteiger partial charge in [-0.05, 0) is 31.5 Å². The first-order chi connectivity index (χ1) is 10.2. The predicted molar refractivity (Wildman–Crippen MR) is 80.6 cm³/mol. The lowest BCUT2D eigenvalue weighted by molar-refractivity contribution is -0.123. The minimum atomic E-state index is -0.364. The van der Waals surface area contributed by atoms with E-state index in [0.29, 0.717) is 13.1 Å². The van der Waals surface area contributed by atoms with Crippen molar-refractivity contribution in [2.24, 2.45) is 5.41 Å². The Bertz CT molecular complexity index is 436. The summed E-state index contributed by atoms with van der Waals surface area (Å²) in [6.07, 6.45) is 1.46. The SMILES string of the molecule is O=C(CN1CCC(CO)(CO)CC1)NCc1ccccc1. The third-order valence-corrected chi connectivity index (χ3v) is 4.29. The molecular formula is C16H24N2O3. The lowest BCUT2D eigenvalue weighted by atomic mass is 9.80. The summed E-state index contributed by atoms with van der Waals surface area (Å²) in [5.41, 5.74) is 0.723. The van der Waals surface area contributed by atoms with E-state index in [1.165, 1.54) is 0 Å². The lowest BCUT2D eigenvalue weighted by Crippen LogP contribution is -2.47. The van der Waals surface area contributed by atoms with Crippen LogP contribution in [0.4, 0.5) is 0 Å². The average molecular weight is 292 g/mol. The Morgan fingerprint density at radius 1 is 1.14 bits per heavy atom. The number of rotatable bonds is 6. The van der Waals surface area contributed by atoms with Crippen molar-refractivity contribution in [2.75, 3.05) is 32.8 Å². The zero-order chi connectivity index (χ0) is 15.1. The summed E-state index contributed by atoms with van der Waals surface area (Å²) in [4.78, 5) is 14.0. The Balaban J connectivity index is 1.72. The van der Waals surface area contributed by atoms with Crippen molar-refractivity contribution < 1.29 is 15.0 Å². The van der Waals surface area contributed by atoms with Gasteiger partial charge in [0.2, 0.25) is 5.91 Å². The molecule has 0 unspecified atom stereocenters. The van der Waals surface area contributed by atoms with E-state index in [2.05, 4.69) is 10.2 Å². The van der Waals surface area contributed by atoms with Crippen LogP contribution in [0.1, 0.15) is 18.4 Å². The van der Waals surface area contributed by atoms with Crippen LogP contribution in [0.2, 0.25) is 0 Å². The van der Waals surface area contributed by atoms with Gasteiger partial charge in [-0.25, -0.2) is 0 Å². The maximum atomic E-state index is 11.9. The van der Waals surface area contributed by atoms with Crippen LogP contribution < -0.4 is 5.32 Å². The number of aliphatic hydroxyl groups is 2. The van der Waals surface area contributed by atoms with Crippen LogP contribution in [-0.4, -0.2) is 53.9 Å². The summed E-state index contributed by atoms with van der Waals surface area (Å²) in [6, 6.07) is 9.83. The molecule has 116 valence electrons. The summed E-state index contributed by atoms with van der Waals surface area (Å²) >= 11 is 0. The highest BCUT2D eigenvalue weighted by molar-refractivity contribution is 5.78. The van der Waals surface area contributed by atoms with E-state index in [1.807, 2.05) is 30.3 Å². The minimum absolute atomic E-state index is 0.0115. The molecule has 1 aromatic rings. The molecule has 0 bridgehead atoms. The first-order valence-corrected chi connectivity index (χ1v) is 7.42. The summed E-state index contributed by atoms with van der Waals surface area (Å²) in [6.45, 7) is 2.42. The molecule has 21 heavy (non-hydrogen) atoms. The van der Waals surface area contributed by atoms with E-state index in [1.54, 1.807) is 0 Å². The molecule has 0 aromatic heterocycles. The standard InChI is InChI=1S/C16H24N2O3/c19-12-16(13-20)6-8-18(9-7-16)11-15(21)17-10-14-4-2-1-3-5-14/h1-5,19-20H,6-13H2,(H,17,21). The molecule has 1 saturated heterocycles. The molecule has 1 amide bonds. The molecule has 0 aliphatic carbocycles. The second kappa shape index (κ2) is 7.54. The van der Waals surface area contributed by atoms with Crippen LogP contribution in [0.3, 0.4) is 0 Å². The highest BCUT2D eigenvalue weighted by Gasteiger charge is 2.33. The third-order valence-electron chi connectivity index (χ3n) is 4.29. The van der Waals surface area contributed by atoms with Gasteiger partial charge in [0.05, 0.1) is 19.8 Å². The Hall–Kier alpha value is -1.43. The highest BCUT2D eigenvalue weighted by Crippen LogP contribution is 2.30. The number of carbonyl (C=O) groups excluding carboxylic acids is 1. The number of amides is 1. The van der Waals surface area contributed by atoms with Crippen LogP contribution in [0.5, 0.6) is 0 Å². The largest absolute Gasteiger partial charge is 0.396 e. The number of carbonyl (C=O) groups is 1. The Morgan fingerprint density at radius 2 is 1.76 bits per heavy atom. The van der Waals surface area contributed by atoms with Gasteiger partial charge >= 0.3 is 0 Å². The van der Waals surface area contributed by atoms with Crippen molar-refractivity contribution in [3.05, 3.63) is 35.9 Å². The number of benzene rings is 1. The number of aliphatic hydroxyl groups excluding tert-OH is 2. The van der Waals surface area contributed by atoms with E-state index in [4.69, 9.17) is 0 Å². The van der Waals surface area contributed by atoms with E-state index < -0.39 is 0 Å². The van der Waals surface area contributed by atoms with Crippen molar-refractivity contribution in [1.29, 1.82) is 0 Å². The molecule has 0 saturated carbocycles. The van der Waals surface area contributed by atoms with Gasteiger partial charge in [-0.15, -0.1) is 0 Å². The number of hydrogen-bond donors (Lipinski definition) is 3. The maximum Gasteiger partial charge on any atom is 0.234 e. The summed E-state index contributed by atoms with van der Waals surface area (Å²) in [5, 5.41) is 21.6. The quantitative estimate of drug-likeness (QED) is 0.708. The molecule has 0 radical (unpaired) electrons. The van der Waals surface area contributed by atoms with E-state index in [9.17, 15) is 15.0 Å². The predicted octanol–water partition coefficient (Wildman–Crippen LogP) is 0.370. The monoisotopic (exact) mass is 292 g/mol. The van der Waals surface area contributed by atoms with Crippen molar-refractivity contribution in [2.45, 2.75) is 19.4 Å². The third kappa shape index (κ3) is 4.52. The van der Waals surface area contributed by atoms with Crippen molar-refractivity contribution >= 4 is 5.91 Å². The number of hydrogen-bond acceptors (Lipinski definition) is 4. The molecule has 1 aromatic carbocycles. The fourth-order valence-electron chi connectivity index (χ4n) is 2.61. The first kappa shape index (κ1) is 15.9. The van der Waals surface area contributed by atoms with Crippen molar-refractivity contribution in [3.8, 4) is 0 Å². The summed E-state index contributed by atoms with van der Waals surface area (Å²) in [5.74, 6) is 0.0133. The van der Waals surface area contributed by atoms with Gasteiger partial charge in [0.1, 0.15) is 0 Å². The number of nitrogens with zero attached hydrogens (tertiary/aromatic N) is 1. The fourth-order valence-corrected chi connectivity index (χ4v) is 2.61. The molecule has 1 aliphatic heterocycles. The molecule has 1 heterocycles. The molecule has 0 spiro atoms. The van der Waals surface area contributed by atoms with Gasteiger partial charge in [0.15, 0.2) is 0 Å². The normalized spacial score (nSPS) is 18.4. The molecule has 5 heteroatoms. The fraction of sp³-hybridized carbons (Fsp3) is 0.562. The molecule has 1 aliphatic rings. The van der Waals surface area contributed by atoms with Crippen LogP contribution in [0.15, 0.2) is 30.3 Å². The maximum absolute atomic E-state index is 11.9. The van der Waals surface area contributed by atoms with Gasteiger partial charge < -0.3 is 15.5 Å². The lowest BCUT2D eigenvalue weighted by Gasteiger charge is -2.39. The molecule has 0 atom stereocenters. The Kier molecular flexibility index (Phi) is 5.73. The van der Waals surface area contributed by atoms with Crippen LogP contribution in [-0.2, 0) is 11.3 Å². The van der Waals surface area contributed by atoms with Gasteiger partial charge in [-0.1, -0.05) is 30.3 Å². The molecule has 1 fully saturated rings. The van der Waals surface area contributed by atoms with Gasteiger partial charge in [0, 0.05) is 12.0 Å². The van der Waals surface area contributed by atoms with E-state index >= 15 is 0 Å². The number of piperidine rings is 1. The van der Waals surface area contributed by atoms with Gasteiger partial charge in [0.25, 0.3) is 0 Å². The summed E-state index contributed by atoms with van der Waals surface area (Å²) < 4.78 is 0. The van der Waals surface area contributed by atoms with E-state index in [-0.39, 0.29) is 24.5 Å².